The lowest BCUT2D eigenvalue weighted by Crippen LogP contribution is -2.52. The van der Waals surface area contributed by atoms with E-state index in [-0.39, 0.29) is 5.91 Å². The maximum Gasteiger partial charge on any atom is 0.266 e. The van der Waals surface area contributed by atoms with Gasteiger partial charge < -0.3 is 9.74 Å². The lowest BCUT2D eigenvalue weighted by atomic mass is 10.0. The molecule has 0 N–H and O–H groups in total. The van der Waals surface area contributed by atoms with Crippen molar-refractivity contribution in [3.05, 3.63) is 12.7 Å². The van der Waals surface area contributed by atoms with Crippen LogP contribution in [0.3, 0.4) is 0 Å². The molecule has 0 saturated carbocycles. The summed E-state index contributed by atoms with van der Waals surface area (Å²) in [5.74, 6) is 0.404. The molecule has 8 heteroatoms. The van der Waals surface area contributed by atoms with Gasteiger partial charge in [0.25, 0.3) is 5.91 Å². The Hall–Kier alpha value is -1.96. The van der Waals surface area contributed by atoms with Crippen LogP contribution in [0.1, 0.15) is 20.3 Å². The first kappa shape index (κ1) is 15.9. The third-order valence-corrected chi connectivity index (χ3v) is 4.43. The smallest absolute Gasteiger partial charge is 0.266 e. The summed E-state index contributed by atoms with van der Waals surface area (Å²) in [4.78, 5) is 26.0. The van der Waals surface area contributed by atoms with Crippen molar-refractivity contribution in [2.24, 2.45) is 11.1 Å². The minimum absolute atomic E-state index is 0.0697. The third-order valence-electron chi connectivity index (χ3n) is 4.43. The van der Waals surface area contributed by atoms with E-state index >= 15 is 0 Å². The number of rotatable bonds is 5. The number of aromatic nitrogens is 3. The van der Waals surface area contributed by atoms with Gasteiger partial charge in [-0.2, -0.15) is 5.10 Å². The van der Waals surface area contributed by atoms with Crippen molar-refractivity contribution in [2.45, 2.75) is 32.9 Å². The van der Waals surface area contributed by atoms with Crippen molar-refractivity contribution in [1.29, 1.82) is 0 Å². The minimum atomic E-state index is -0.422. The van der Waals surface area contributed by atoms with Gasteiger partial charge in [-0.25, -0.2) is 4.98 Å². The molecule has 3 rings (SSSR count). The monoisotopic (exact) mass is 320 g/mol. The average Bonchev–Trinajstić information content (AvgIpc) is 3.24. The number of oxime groups is 1. The Bertz CT molecular complexity index is 548. The van der Waals surface area contributed by atoms with Crippen molar-refractivity contribution in [3.63, 3.8) is 0 Å². The van der Waals surface area contributed by atoms with Gasteiger partial charge >= 0.3 is 0 Å². The molecule has 0 radical (unpaired) electrons. The Labute approximate surface area is 136 Å². The van der Waals surface area contributed by atoms with Crippen molar-refractivity contribution in [1.82, 2.24) is 24.6 Å². The summed E-state index contributed by atoms with van der Waals surface area (Å²) >= 11 is 0. The largest absolute Gasteiger partial charge is 0.382 e. The average molecular weight is 320 g/mol. The highest BCUT2D eigenvalue weighted by molar-refractivity contribution is 5.93. The first-order chi connectivity index (χ1) is 11.1. The highest BCUT2D eigenvalue weighted by atomic mass is 16.6. The van der Waals surface area contributed by atoms with E-state index < -0.39 is 6.10 Å². The van der Waals surface area contributed by atoms with Crippen LogP contribution in [-0.4, -0.2) is 75.0 Å². The highest BCUT2D eigenvalue weighted by Crippen LogP contribution is 2.18. The maximum absolute atomic E-state index is 12.5. The van der Waals surface area contributed by atoms with Gasteiger partial charge in [0.2, 0.25) is 6.10 Å². The van der Waals surface area contributed by atoms with Crippen LogP contribution < -0.4 is 0 Å². The molecular weight excluding hydrogens is 296 g/mol. The molecule has 1 atom stereocenters. The second-order valence-corrected chi connectivity index (χ2v) is 6.36. The zero-order valence-electron chi connectivity index (χ0n) is 13.8. The van der Waals surface area contributed by atoms with Crippen molar-refractivity contribution < 1.29 is 9.63 Å². The SMILES string of the molecule is CC(C)C1=NOC(C(=O)N2CCN(CCn3cncn3)CC2)C1. The molecule has 126 valence electrons. The van der Waals surface area contributed by atoms with E-state index in [0.717, 1.165) is 45.0 Å². The molecule has 1 saturated heterocycles. The van der Waals surface area contributed by atoms with Crippen LogP contribution in [0.15, 0.2) is 17.8 Å². The van der Waals surface area contributed by atoms with E-state index in [9.17, 15) is 4.79 Å². The van der Waals surface area contributed by atoms with Crippen LogP contribution in [-0.2, 0) is 16.2 Å². The minimum Gasteiger partial charge on any atom is -0.382 e. The summed E-state index contributed by atoms with van der Waals surface area (Å²) in [7, 11) is 0. The second kappa shape index (κ2) is 7.08. The molecule has 0 spiro atoms. The van der Waals surface area contributed by atoms with Gasteiger partial charge in [0.1, 0.15) is 12.7 Å². The van der Waals surface area contributed by atoms with Crippen molar-refractivity contribution in [3.8, 4) is 0 Å². The Morgan fingerprint density at radius 1 is 1.30 bits per heavy atom. The summed E-state index contributed by atoms with van der Waals surface area (Å²) < 4.78 is 1.83. The van der Waals surface area contributed by atoms with E-state index in [4.69, 9.17) is 4.84 Å². The van der Waals surface area contributed by atoms with Crippen LogP contribution >= 0.6 is 0 Å². The van der Waals surface area contributed by atoms with E-state index in [1.807, 2.05) is 9.58 Å². The molecule has 1 fully saturated rings. The predicted molar refractivity (Wildman–Crippen MR) is 84.8 cm³/mol. The van der Waals surface area contributed by atoms with Gasteiger partial charge in [-0.05, 0) is 5.92 Å². The molecule has 8 nitrogen and oxygen atoms in total. The first-order valence-corrected chi connectivity index (χ1v) is 8.19. The molecule has 0 aliphatic carbocycles. The molecule has 2 aliphatic heterocycles. The van der Waals surface area contributed by atoms with Crippen LogP contribution in [0.25, 0.3) is 0 Å². The Kier molecular flexibility index (Phi) is 4.90. The second-order valence-electron chi connectivity index (χ2n) is 6.36. The van der Waals surface area contributed by atoms with Crippen LogP contribution in [0.5, 0.6) is 0 Å². The number of nitrogens with zero attached hydrogens (tertiary/aromatic N) is 6. The van der Waals surface area contributed by atoms with Crippen LogP contribution in [0, 0.1) is 5.92 Å². The molecule has 0 bridgehead atoms. The highest BCUT2D eigenvalue weighted by Gasteiger charge is 2.33. The van der Waals surface area contributed by atoms with Gasteiger partial charge in [0.15, 0.2) is 0 Å². The van der Waals surface area contributed by atoms with Crippen LogP contribution in [0.4, 0.5) is 0 Å². The normalized spacial score (nSPS) is 22.3. The lowest BCUT2D eigenvalue weighted by molar-refractivity contribution is -0.143. The number of piperazine rings is 1. The van der Waals surface area contributed by atoms with Gasteiger partial charge in [0, 0.05) is 39.1 Å². The molecule has 2 aliphatic rings. The summed E-state index contributed by atoms with van der Waals surface area (Å²) in [5, 5.41) is 8.15. The quantitative estimate of drug-likeness (QED) is 0.776. The maximum atomic E-state index is 12.5. The molecule has 23 heavy (non-hydrogen) atoms. The van der Waals surface area contributed by atoms with Crippen molar-refractivity contribution in [2.75, 3.05) is 32.7 Å². The van der Waals surface area contributed by atoms with E-state index in [0.29, 0.717) is 12.3 Å². The number of amides is 1. The Morgan fingerprint density at radius 3 is 2.70 bits per heavy atom. The third kappa shape index (κ3) is 3.87. The lowest BCUT2D eigenvalue weighted by Gasteiger charge is -2.35. The van der Waals surface area contributed by atoms with Gasteiger partial charge in [0.05, 0.1) is 12.3 Å². The summed E-state index contributed by atoms with van der Waals surface area (Å²) in [6.45, 7) is 9.14. The molecule has 3 heterocycles. The molecule has 1 amide bonds. The Morgan fingerprint density at radius 2 is 2.09 bits per heavy atom. The molecule has 0 aromatic carbocycles. The molecule has 1 aromatic rings. The fourth-order valence-corrected chi connectivity index (χ4v) is 2.86. The molecular formula is C15H24N6O2. The summed E-state index contributed by atoms with van der Waals surface area (Å²) in [6, 6.07) is 0. The fraction of sp³-hybridized carbons (Fsp3) is 0.733. The summed E-state index contributed by atoms with van der Waals surface area (Å²) in [6.07, 6.45) is 3.48. The zero-order chi connectivity index (χ0) is 16.2. The molecule has 1 aromatic heterocycles. The first-order valence-electron chi connectivity index (χ1n) is 8.19. The van der Waals surface area contributed by atoms with Gasteiger partial charge in [-0.15, -0.1) is 0 Å². The topological polar surface area (TPSA) is 75.8 Å². The Balaban J connectivity index is 1.41. The fourth-order valence-electron chi connectivity index (χ4n) is 2.86. The number of hydrogen-bond donors (Lipinski definition) is 0. The number of hydrogen-bond acceptors (Lipinski definition) is 6. The molecule has 1 unspecified atom stereocenters. The van der Waals surface area contributed by atoms with Gasteiger partial charge in [-0.3, -0.25) is 14.4 Å². The van der Waals surface area contributed by atoms with Crippen molar-refractivity contribution >= 4 is 11.6 Å². The van der Waals surface area contributed by atoms with Crippen LogP contribution in [0.2, 0.25) is 0 Å². The van der Waals surface area contributed by atoms with E-state index in [1.165, 1.54) is 0 Å². The van der Waals surface area contributed by atoms with E-state index in [1.54, 1.807) is 12.7 Å². The zero-order valence-corrected chi connectivity index (χ0v) is 13.8. The summed E-state index contributed by atoms with van der Waals surface area (Å²) in [5.41, 5.74) is 0.981. The standard InChI is InChI=1S/C15H24N6O2/c1-12(2)13-9-14(23-18-13)15(22)20-6-3-19(4-7-20)5-8-21-11-16-10-17-21/h10-12,14H,3-9H2,1-2H3. The number of carbonyl (C=O) groups excluding carboxylic acids is 1. The van der Waals surface area contributed by atoms with E-state index in [2.05, 4.69) is 34.0 Å². The van der Waals surface area contributed by atoms with Gasteiger partial charge in [-0.1, -0.05) is 19.0 Å². The number of carbonyl (C=O) groups is 1. The predicted octanol–water partition coefficient (Wildman–Crippen LogP) is 0.223.